The molecule has 4 aliphatic rings. The van der Waals surface area contributed by atoms with Gasteiger partial charge in [0.2, 0.25) is 17.6 Å². The number of hydrogen-bond donors (Lipinski definition) is 6. The third-order valence-corrected chi connectivity index (χ3v) is 12.4. The lowest BCUT2D eigenvalue weighted by Gasteiger charge is -2.60. The van der Waals surface area contributed by atoms with Crippen molar-refractivity contribution in [3.8, 4) is 0 Å². The number of carbonyl (C=O) groups is 5. The van der Waals surface area contributed by atoms with Gasteiger partial charge in [-0.3, -0.25) is 24.0 Å². The van der Waals surface area contributed by atoms with E-state index < -0.39 is 65.2 Å². The molecule has 11 nitrogen and oxygen atoms in total. The fraction of sp³-hybridized carbons (Fsp3) is 0.658. The van der Waals surface area contributed by atoms with Crippen LogP contribution in [0.4, 0.5) is 0 Å². The van der Waals surface area contributed by atoms with Crippen molar-refractivity contribution in [2.45, 2.75) is 115 Å². The average molecular weight is 680 g/mol. The highest BCUT2D eigenvalue weighted by molar-refractivity contribution is 6.10. The lowest BCUT2D eigenvalue weighted by atomic mass is 9.45. The summed E-state index contributed by atoms with van der Waals surface area (Å²) in [4.78, 5) is 65.2. The topological polar surface area (TPSA) is 196 Å². The van der Waals surface area contributed by atoms with Gasteiger partial charge in [-0.05, 0) is 92.1 Å². The van der Waals surface area contributed by atoms with Crippen LogP contribution in [-0.4, -0.2) is 80.9 Å². The fourth-order valence-electron chi connectivity index (χ4n) is 9.81. The highest BCUT2D eigenvalue weighted by Gasteiger charge is 2.69. The van der Waals surface area contributed by atoms with E-state index in [4.69, 9.17) is 5.73 Å². The molecular weight excluding hydrogens is 626 g/mol. The molecule has 0 spiro atoms. The third kappa shape index (κ3) is 6.92. The molecule has 0 bridgehead atoms. The van der Waals surface area contributed by atoms with Gasteiger partial charge >= 0.3 is 0 Å². The van der Waals surface area contributed by atoms with Crippen LogP contribution < -0.4 is 16.4 Å². The van der Waals surface area contributed by atoms with Crippen molar-refractivity contribution in [1.82, 2.24) is 10.6 Å². The molecule has 1 aromatic rings. The van der Waals surface area contributed by atoms with E-state index in [0.717, 1.165) is 17.6 Å². The minimum absolute atomic E-state index is 0.00646. The molecule has 0 saturated heterocycles. The van der Waals surface area contributed by atoms with Gasteiger partial charge in [-0.15, -0.1) is 0 Å². The molecule has 3 saturated carbocycles. The summed E-state index contributed by atoms with van der Waals surface area (Å²) in [6.07, 6.45) is 2.45. The van der Waals surface area contributed by atoms with Crippen molar-refractivity contribution in [3.63, 3.8) is 0 Å². The van der Waals surface area contributed by atoms with Gasteiger partial charge in [0.25, 0.3) is 0 Å². The predicted molar refractivity (Wildman–Crippen MR) is 182 cm³/mol. The molecule has 0 aromatic heterocycles. The van der Waals surface area contributed by atoms with Gasteiger partial charge in [0.05, 0.1) is 18.7 Å². The van der Waals surface area contributed by atoms with E-state index in [-0.39, 0.29) is 60.6 Å². The monoisotopic (exact) mass is 679 g/mol. The van der Waals surface area contributed by atoms with Gasteiger partial charge < -0.3 is 31.7 Å². The van der Waals surface area contributed by atoms with E-state index in [1.54, 1.807) is 13.0 Å². The standard InChI is InChI=1S/C38H53N3O8/c1-21(2)16-28(41-34(47)27(39)17-22-8-6-5-7-9-22)35(48)40-20-30(44)32(45)33(46)38(49)15-13-26-25-11-10-23-18-24(42)12-14-36(23,3)31(25)29(43)19-37(26,38)4/h5-9,18,21,25-29,31-32,43,45,49H,10-17,19-20,39H2,1-4H3,(H,40,48)(H,41,47)/t25-,26-,27-,28-,29-,31+,32?,36-,37-,38-/m0/s1. The maximum absolute atomic E-state index is 13.8. The van der Waals surface area contributed by atoms with E-state index in [9.17, 15) is 39.3 Å². The Morgan fingerprint density at radius 2 is 1.71 bits per heavy atom. The van der Waals surface area contributed by atoms with Crippen molar-refractivity contribution in [2.24, 2.45) is 40.2 Å². The van der Waals surface area contributed by atoms with Crippen LogP contribution >= 0.6 is 0 Å². The van der Waals surface area contributed by atoms with Crippen molar-refractivity contribution in [1.29, 1.82) is 0 Å². The zero-order valence-corrected chi connectivity index (χ0v) is 29.1. The normalized spacial score (nSPS) is 34.1. The van der Waals surface area contributed by atoms with Gasteiger partial charge in [0.15, 0.2) is 17.7 Å². The molecule has 1 unspecified atom stereocenters. The Morgan fingerprint density at radius 3 is 2.39 bits per heavy atom. The van der Waals surface area contributed by atoms with Crippen molar-refractivity contribution in [2.75, 3.05) is 6.54 Å². The molecular formula is C38H53N3O8. The summed E-state index contributed by atoms with van der Waals surface area (Å²) in [7, 11) is 0. The number of aliphatic hydroxyl groups excluding tert-OH is 2. The van der Waals surface area contributed by atoms with Crippen molar-refractivity contribution >= 4 is 29.2 Å². The van der Waals surface area contributed by atoms with Gasteiger partial charge in [-0.1, -0.05) is 63.6 Å². The van der Waals surface area contributed by atoms with Gasteiger partial charge in [-0.2, -0.15) is 0 Å². The van der Waals surface area contributed by atoms with Crippen LogP contribution in [0.3, 0.4) is 0 Å². The first-order valence-corrected chi connectivity index (χ1v) is 17.8. The number of allylic oxidation sites excluding steroid dienone is 1. The summed E-state index contributed by atoms with van der Waals surface area (Å²) in [6, 6.07) is 7.34. The van der Waals surface area contributed by atoms with E-state index in [2.05, 4.69) is 17.6 Å². The van der Waals surface area contributed by atoms with Gasteiger partial charge in [0.1, 0.15) is 11.6 Å². The Kier molecular flexibility index (Phi) is 10.7. The average Bonchev–Trinajstić information content (AvgIpc) is 3.32. The quantitative estimate of drug-likeness (QED) is 0.179. The molecule has 0 radical (unpaired) electrons. The minimum atomic E-state index is -2.18. The maximum Gasteiger partial charge on any atom is 0.242 e. The Morgan fingerprint density at radius 1 is 1.02 bits per heavy atom. The van der Waals surface area contributed by atoms with E-state index in [1.165, 1.54) is 0 Å². The lowest BCUT2D eigenvalue weighted by molar-refractivity contribution is -0.186. The molecule has 49 heavy (non-hydrogen) atoms. The van der Waals surface area contributed by atoms with Crippen molar-refractivity contribution in [3.05, 3.63) is 47.5 Å². The summed E-state index contributed by atoms with van der Waals surface area (Å²) < 4.78 is 0. The molecule has 0 heterocycles. The molecule has 1 aromatic carbocycles. The predicted octanol–water partition coefficient (Wildman–Crippen LogP) is 1.94. The number of amides is 2. The molecule has 5 rings (SSSR count). The van der Waals surface area contributed by atoms with E-state index in [1.807, 2.05) is 44.2 Å². The van der Waals surface area contributed by atoms with Crippen LogP contribution in [0, 0.1) is 34.5 Å². The molecule has 2 amide bonds. The van der Waals surface area contributed by atoms with Crippen LogP contribution in [0.15, 0.2) is 42.0 Å². The smallest absolute Gasteiger partial charge is 0.242 e. The Balaban J connectivity index is 1.22. The second-order valence-corrected chi connectivity index (χ2v) is 15.9. The number of benzene rings is 1. The zero-order chi connectivity index (χ0) is 35.9. The zero-order valence-electron chi connectivity index (χ0n) is 29.1. The minimum Gasteiger partial charge on any atom is -0.393 e. The van der Waals surface area contributed by atoms with E-state index in [0.29, 0.717) is 25.7 Å². The molecule has 0 aliphatic heterocycles. The number of hydrogen-bond acceptors (Lipinski definition) is 9. The molecule has 10 atom stereocenters. The first kappa shape index (κ1) is 37.0. The molecule has 3 fully saturated rings. The number of nitrogens with two attached hydrogens (primary N) is 1. The van der Waals surface area contributed by atoms with Crippen LogP contribution in [0.5, 0.6) is 0 Å². The Bertz CT molecular complexity index is 1490. The van der Waals surface area contributed by atoms with Crippen LogP contribution in [0.1, 0.15) is 84.6 Å². The number of rotatable bonds is 12. The summed E-state index contributed by atoms with van der Waals surface area (Å²) >= 11 is 0. The van der Waals surface area contributed by atoms with E-state index >= 15 is 0 Å². The second kappa shape index (κ2) is 14.2. The first-order chi connectivity index (χ1) is 23.0. The van der Waals surface area contributed by atoms with Gasteiger partial charge in [0, 0.05) is 11.8 Å². The van der Waals surface area contributed by atoms with Crippen LogP contribution in [0.25, 0.3) is 0 Å². The highest BCUT2D eigenvalue weighted by Crippen LogP contribution is 2.67. The highest BCUT2D eigenvalue weighted by atomic mass is 16.3. The Hall–Kier alpha value is -3.25. The number of carbonyl (C=O) groups excluding carboxylic acids is 5. The largest absolute Gasteiger partial charge is 0.393 e. The summed E-state index contributed by atoms with van der Waals surface area (Å²) in [6.45, 7) is 6.98. The number of aliphatic hydroxyl groups is 3. The number of ketones is 3. The number of fused-ring (bicyclic) bond motifs is 5. The Labute approximate surface area is 288 Å². The summed E-state index contributed by atoms with van der Waals surface area (Å²) in [5.41, 5.74) is 4.59. The molecule has 268 valence electrons. The molecule has 4 aliphatic carbocycles. The third-order valence-electron chi connectivity index (χ3n) is 12.4. The number of Topliss-reactive ketones (excluding diaryl/α,β-unsaturated/α-hetero) is 2. The maximum atomic E-state index is 13.8. The second-order valence-electron chi connectivity index (χ2n) is 15.9. The van der Waals surface area contributed by atoms with Crippen LogP contribution in [-0.2, 0) is 30.4 Å². The SMILES string of the molecule is CC(C)C[C@H](NC(=O)[C@@H](N)Cc1ccccc1)C(=O)NCC(=O)C(O)C(=O)[C@@]1(O)CC[C@H]2[C@@H]3CCC4=CC(=O)CC[C@]4(C)[C@H]3[C@@H](O)C[C@@]21C. The fourth-order valence-corrected chi connectivity index (χ4v) is 9.81. The number of nitrogens with one attached hydrogen (secondary N) is 2. The lowest BCUT2D eigenvalue weighted by Crippen LogP contribution is -2.63. The van der Waals surface area contributed by atoms with Crippen LogP contribution in [0.2, 0.25) is 0 Å². The summed E-state index contributed by atoms with van der Waals surface area (Å²) in [5.74, 6) is -3.29. The molecule has 11 heteroatoms. The molecule has 7 N–H and O–H groups in total. The van der Waals surface area contributed by atoms with Crippen molar-refractivity contribution < 1.29 is 39.3 Å². The first-order valence-electron chi connectivity index (χ1n) is 17.8. The summed E-state index contributed by atoms with van der Waals surface area (Å²) in [5, 5.41) is 39.8. The van der Waals surface area contributed by atoms with Gasteiger partial charge in [-0.25, -0.2) is 0 Å².